The van der Waals surface area contributed by atoms with E-state index in [1.54, 1.807) is 0 Å². The van der Waals surface area contributed by atoms with Crippen LogP contribution in [0.2, 0.25) is 0 Å². The summed E-state index contributed by atoms with van der Waals surface area (Å²) in [5.41, 5.74) is 2.63. The zero-order valence-electron chi connectivity index (χ0n) is 12.0. The van der Waals surface area contributed by atoms with Gasteiger partial charge in [0.2, 0.25) is 0 Å². The summed E-state index contributed by atoms with van der Waals surface area (Å²) in [5, 5.41) is 0. The standard InChI is InChI=1S/C18H20O/c1-17(2,3)18(4)13-9-5-7-11-15(13)19-16-12-8-6-10-14(16)18/h5-12H,1-4H3. The molecule has 3 rings (SSSR count). The molecule has 98 valence electrons. The molecule has 0 spiro atoms. The Balaban J connectivity index is 2.35. The summed E-state index contributed by atoms with van der Waals surface area (Å²) in [6.07, 6.45) is 0. The van der Waals surface area contributed by atoms with Gasteiger partial charge in [-0.25, -0.2) is 0 Å². The molecule has 0 aliphatic carbocycles. The largest absolute Gasteiger partial charge is 0.457 e. The highest BCUT2D eigenvalue weighted by atomic mass is 16.5. The van der Waals surface area contributed by atoms with Crippen molar-refractivity contribution >= 4 is 0 Å². The molecule has 0 aromatic heterocycles. The van der Waals surface area contributed by atoms with Gasteiger partial charge in [-0.05, 0) is 17.5 Å². The molecule has 1 aliphatic rings. The minimum Gasteiger partial charge on any atom is -0.457 e. The van der Waals surface area contributed by atoms with E-state index in [4.69, 9.17) is 4.74 Å². The number of fused-ring (bicyclic) bond motifs is 2. The molecule has 2 aromatic rings. The Morgan fingerprint density at radius 2 is 1.21 bits per heavy atom. The van der Waals surface area contributed by atoms with Gasteiger partial charge in [0.05, 0.1) is 0 Å². The molecule has 0 N–H and O–H groups in total. The highest BCUT2D eigenvalue weighted by Crippen LogP contribution is 2.55. The highest BCUT2D eigenvalue weighted by molar-refractivity contribution is 5.58. The van der Waals surface area contributed by atoms with Gasteiger partial charge in [-0.3, -0.25) is 0 Å². The fourth-order valence-corrected chi connectivity index (χ4v) is 3.01. The molecule has 0 radical (unpaired) electrons. The van der Waals surface area contributed by atoms with Crippen LogP contribution in [0.25, 0.3) is 0 Å². The maximum Gasteiger partial charge on any atom is 0.131 e. The van der Waals surface area contributed by atoms with Crippen LogP contribution in [0.5, 0.6) is 11.5 Å². The van der Waals surface area contributed by atoms with E-state index >= 15 is 0 Å². The van der Waals surface area contributed by atoms with Crippen LogP contribution in [0.1, 0.15) is 38.8 Å². The minimum atomic E-state index is -0.0432. The molecular formula is C18H20O. The molecule has 2 aromatic carbocycles. The molecule has 1 heterocycles. The Hall–Kier alpha value is -1.76. The molecule has 0 amide bonds. The molecule has 1 heteroatoms. The third kappa shape index (κ3) is 1.61. The smallest absolute Gasteiger partial charge is 0.131 e. The predicted octanol–water partition coefficient (Wildman–Crippen LogP) is 5.14. The van der Waals surface area contributed by atoms with Gasteiger partial charge < -0.3 is 4.74 Å². The van der Waals surface area contributed by atoms with Crippen LogP contribution in [0, 0.1) is 5.41 Å². The minimum absolute atomic E-state index is 0.0432. The maximum atomic E-state index is 6.07. The summed E-state index contributed by atoms with van der Waals surface area (Å²) in [4.78, 5) is 0. The van der Waals surface area contributed by atoms with Crippen molar-refractivity contribution in [1.29, 1.82) is 0 Å². The van der Waals surface area contributed by atoms with E-state index in [1.165, 1.54) is 11.1 Å². The van der Waals surface area contributed by atoms with Gasteiger partial charge in [-0.15, -0.1) is 0 Å². The van der Waals surface area contributed by atoms with Gasteiger partial charge in [0.1, 0.15) is 11.5 Å². The van der Waals surface area contributed by atoms with E-state index in [1.807, 2.05) is 12.1 Å². The molecule has 1 nitrogen and oxygen atoms in total. The predicted molar refractivity (Wildman–Crippen MR) is 78.9 cm³/mol. The SMILES string of the molecule is CC(C)(C)C1(C)c2ccccc2Oc2ccccc21. The van der Waals surface area contributed by atoms with E-state index in [0.29, 0.717) is 0 Å². The van der Waals surface area contributed by atoms with E-state index in [9.17, 15) is 0 Å². The summed E-state index contributed by atoms with van der Waals surface area (Å²) in [6.45, 7) is 9.22. The van der Waals surface area contributed by atoms with Crippen molar-refractivity contribution in [1.82, 2.24) is 0 Å². The van der Waals surface area contributed by atoms with Crippen molar-refractivity contribution in [2.45, 2.75) is 33.1 Å². The van der Waals surface area contributed by atoms with Crippen LogP contribution < -0.4 is 4.74 Å². The number of benzene rings is 2. The molecule has 1 aliphatic heterocycles. The van der Waals surface area contributed by atoms with E-state index in [0.717, 1.165) is 11.5 Å². The van der Waals surface area contributed by atoms with Crippen LogP contribution in [0.15, 0.2) is 48.5 Å². The fourth-order valence-electron chi connectivity index (χ4n) is 3.01. The number of hydrogen-bond acceptors (Lipinski definition) is 1. The van der Waals surface area contributed by atoms with Gasteiger partial charge in [-0.2, -0.15) is 0 Å². The molecule has 19 heavy (non-hydrogen) atoms. The quantitative estimate of drug-likeness (QED) is 0.630. The van der Waals surface area contributed by atoms with Crippen LogP contribution in [0.4, 0.5) is 0 Å². The first kappa shape index (κ1) is 12.3. The molecule has 0 saturated carbocycles. The lowest BCUT2D eigenvalue weighted by Gasteiger charge is -2.46. The van der Waals surface area contributed by atoms with Crippen molar-refractivity contribution in [3.05, 3.63) is 59.7 Å². The van der Waals surface area contributed by atoms with E-state index in [-0.39, 0.29) is 10.8 Å². The molecule has 0 fully saturated rings. The number of ether oxygens (including phenoxy) is 1. The first-order chi connectivity index (χ1) is 8.94. The molecule has 0 atom stereocenters. The third-order valence-corrected chi connectivity index (χ3v) is 4.57. The number of para-hydroxylation sites is 2. The summed E-state index contributed by atoms with van der Waals surface area (Å²) in [6, 6.07) is 16.8. The normalized spacial score (nSPS) is 16.2. The van der Waals surface area contributed by atoms with Crippen LogP contribution in [-0.4, -0.2) is 0 Å². The third-order valence-electron chi connectivity index (χ3n) is 4.57. The van der Waals surface area contributed by atoms with Gasteiger partial charge in [-0.1, -0.05) is 64.1 Å². The summed E-state index contributed by atoms with van der Waals surface area (Å²) >= 11 is 0. The zero-order valence-corrected chi connectivity index (χ0v) is 12.0. The Morgan fingerprint density at radius 1 is 0.789 bits per heavy atom. The van der Waals surface area contributed by atoms with Gasteiger partial charge >= 0.3 is 0 Å². The Morgan fingerprint density at radius 3 is 1.63 bits per heavy atom. The average Bonchev–Trinajstić information content (AvgIpc) is 2.38. The summed E-state index contributed by atoms with van der Waals surface area (Å²) in [7, 11) is 0. The lowest BCUT2D eigenvalue weighted by atomic mass is 9.59. The van der Waals surface area contributed by atoms with E-state index in [2.05, 4.69) is 64.1 Å². The number of rotatable bonds is 0. The lowest BCUT2D eigenvalue weighted by Crippen LogP contribution is -2.40. The maximum absolute atomic E-state index is 6.07. The second kappa shape index (κ2) is 3.86. The Kier molecular flexibility index (Phi) is 2.50. The van der Waals surface area contributed by atoms with Crippen molar-refractivity contribution < 1.29 is 4.74 Å². The van der Waals surface area contributed by atoms with Gasteiger partial charge in [0, 0.05) is 16.5 Å². The monoisotopic (exact) mass is 252 g/mol. The Labute approximate surface area is 115 Å². The van der Waals surface area contributed by atoms with Crippen LogP contribution in [-0.2, 0) is 5.41 Å². The molecular weight excluding hydrogens is 232 g/mol. The average molecular weight is 252 g/mol. The topological polar surface area (TPSA) is 9.23 Å². The van der Waals surface area contributed by atoms with Crippen molar-refractivity contribution in [2.75, 3.05) is 0 Å². The van der Waals surface area contributed by atoms with Crippen molar-refractivity contribution in [3.63, 3.8) is 0 Å². The summed E-state index contributed by atoms with van der Waals surface area (Å²) in [5.74, 6) is 1.97. The summed E-state index contributed by atoms with van der Waals surface area (Å²) < 4.78 is 6.07. The van der Waals surface area contributed by atoms with E-state index < -0.39 is 0 Å². The second-order valence-electron chi connectivity index (χ2n) is 6.47. The van der Waals surface area contributed by atoms with Crippen LogP contribution >= 0.6 is 0 Å². The second-order valence-corrected chi connectivity index (χ2v) is 6.47. The molecule has 0 bridgehead atoms. The van der Waals surface area contributed by atoms with Crippen molar-refractivity contribution in [3.8, 4) is 11.5 Å². The van der Waals surface area contributed by atoms with Gasteiger partial charge in [0.25, 0.3) is 0 Å². The van der Waals surface area contributed by atoms with Gasteiger partial charge in [0.15, 0.2) is 0 Å². The van der Waals surface area contributed by atoms with Crippen LogP contribution in [0.3, 0.4) is 0 Å². The Bertz CT molecular complexity index is 574. The highest BCUT2D eigenvalue weighted by Gasteiger charge is 2.46. The first-order valence-corrected chi connectivity index (χ1v) is 6.81. The zero-order chi connectivity index (χ0) is 13.7. The first-order valence-electron chi connectivity index (χ1n) is 6.81. The molecule has 0 saturated heterocycles. The molecule has 0 unspecified atom stereocenters. The lowest BCUT2D eigenvalue weighted by molar-refractivity contribution is 0.227. The van der Waals surface area contributed by atoms with Crippen molar-refractivity contribution in [2.24, 2.45) is 5.41 Å². The fraction of sp³-hybridized carbons (Fsp3) is 0.333. The number of hydrogen-bond donors (Lipinski definition) is 0.